The van der Waals surface area contributed by atoms with Crippen molar-refractivity contribution in [1.82, 2.24) is 10.0 Å². The minimum atomic E-state index is -3.37. The molecule has 1 aliphatic heterocycles. The van der Waals surface area contributed by atoms with Crippen LogP contribution >= 0.6 is 0 Å². The molecule has 0 bridgehead atoms. The molecule has 1 fully saturated rings. The van der Waals surface area contributed by atoms with Gasteiger partial charge in [-0.25, -0.2) is 13.1 Å². The number of sulfonamides is 1. The normalized spacial score (nSPS) is 22.9. The second-order valence-corrected chi connectivity index (χ2v) is 5.28. The van der Waals surface area contributed by atoms with E-state index in [2.05, 4.69) is 10.0 Å². The Hall–Kier alpha value is -0.640. The lowest BCUT2D eigenvalue weighted by atomic mass is 10.0. The van der Waals surface area contributed by atoms with Crippen LogP contribution in [-0.4, -0.2) is 33.8 Å². The molecule has 1 rings (SSSR count). The first-order valence-corrected chi connectivity index (χ1v) is 6.34. The first kappa shape index (κ1) is 11.4. The van der Waals surface area contributed by atoms with E-state index in [0.717, 1.165) is 25.9 Å². The monoisotopic (exact) mass is 217 g/mol. The Labute approximate surface area is 84.5 Å². The van der Waals surface area contributed by atoms with Gasteiger partial charge in [0.15, 0.2) is 5.75 Å². The smallest absolute Gasteiger partial charge is 0.225 e. The Kier molecular flexibility index (Phi) is 4.32. The Bertz CT molecular complexity index is 301. The Morgan fingerprint density at radius 2 is 2.36 bits per heavy atom. The van der Waals surface area contributed by atoms with Crippen molar-refractivity contribution in [3.05, 3.63) is 0 Å². The summed E-state index contributed by atoms with van der Waals surface area (Å²) in [4.78, 5) is 0. The summed E-state index contributed by atoms with van der Waals surface area (Å²) >= 11 is 0. The van der Waals surface area contributed by atoms with Crippen molar-refractivity contribution >= 4 is 10.0 Å². The van der Waals surface area contributed by atoms with Gasteiger partial charge < -0.3 is 5.32 Å². The van der Waals surface area contributed by atoms with Crippen molar-refractivity contribution < 1.29 is 8.42 Å². The molecule has 0 saturated carbocycles. The highest BCUT2D eigenvalue weighted by molar-refractivity contribution is 7.89. The molecule has 6 heteroatoms. The first-order chi connectivity index (χ1) is 6.64. The molecule has 1 saturated heterocycles. The highest BCUT2D eigenvalue weighted by atomic mass is 32.2. The maximum Gasteiger partial charge on any atom is 0.225 e. The molecule has 1 aliphatic rings. The van der Waals surface area contributed by atoms with Crippen molar-refractivity contribution in [2.24, 2.45) is 5.92 Å². The van der Waals surface area contributed by atoms with E-state index in [4.69, 9.17) is 5.26 Å². The number of nitrogens with zero attached hydrogens (tertiary/aromatic N) is 1. The van der Waals surface area contributed by atoms with Crippen LogP contribution in [0.4, 0.5) is 0 Å². The van der Waals surface area contributed by atoms with Gasteiger partial charge in [0.05, 0.1) is 6.07 Å². The van der Waals surface area contributed by atoms with Gasteiger partial charge in [-0.3, -0.25) is 0 Å². The summed E-state index contributed by atoms with van der Waals surface area (Å²) in [5.41, 5.74) is 0. The highest BCUT2D eigenvalue weighted by Gasteiger charge is 2.16. The van der Waals surface area contributed by atoms with E-state index in [9.17, 15) is 8.42 Å². The zero-order valence-electron chi connectivity index (χ0n) is 7.99. The molecular weight excluding hydrogens is 202 g/mol. The van der Waals surface area contributed by atoms with Crippen LogP contribution in [-0.2, 0) is 10.0 Å². The predicted molar refractivity (Wildman–Crippen MR) is 53.0 cm³/mol. The van der Waals surface area contributed by atoms with E-state index in [1.54, 1.807) is 6.07 Å². The standard InChI is InChI=1S/C8H15N3O2S/c9-3-5-14(12,13)11-7-8-2-1-4-10-6-8/h8,10-11H,1-2,4-7H2. The van der Waals surface area contributed by atoms with Crippen molar-refractivity contribution in [1.29, 1.82) is 5.26 Å². The molecule has 80 valence electrons. The lowest BCUT2D eigenvalue weighted by Crippen LogP contribution is -2.38. The summed E-state index contributed by atoms with van der Waals surface area (Å²) in [6, 6.07) is 1.63. The molecule has 1 unspecified atom stereocenters. The molecule has 0 radical (unpaired) electrons. The third-order valence-corrected chi connectivity index (χ3v) is 3.36. The van der Waals surface area contributed by atoms with Gasteiger partial charge in [-0.05, 0) is 31.8 Å². The molecule has 14 heavy (non-hydrogen) atoms. The summed E-state index contributed by atoms with van der Waals surface area (Å²) in [7, 11) is -3.37. The van der Waals surface area contributed by atoms with Gasteiger partial charge >= 0.3 is 0 Å². The lowest BCUT2D eigenvalue weighted by Gasteiger charge is -2.22. The molecule has 5 nitrogen and oxygen atoms in total. The molecule has 0 amide bonds. The SMILES string of the molecule is N#CCS(=O)(=O)NCC1CCCNC1. The highest BCUT2D eigenvalue weighted by Crippen LogP contribution is 2.08. The Morgan fingerprint density at radius 1 is 1.57 bits per heavy atom. The molecule has 0 aromatic carbocycles. The summed E-state index contributed by atoms with van der Waals surface area (Å²) in [5, 5.41) is 11.5. The average molecular weight is 217 g/mol. The molecule has 0 spiro atoms. The van der Waals surface area contributed by atoms with E-state index in [-0.39, 0.29) is 0 Å². The minimum absolute atomic E-state index is 0.359. The maximum absolute atomic E-state index is 11.1. The van der Waals surface area contributed by atoms with E-state index in [1.165, 1.54) is 0 Å². The topological polar surface area (TPSA) is 82.0 Å². The van der Waals surface area contributed by atoms with E-state index >= 15 is 0 Å². The van der Waals surface area contributed by atoms with Gasteiger partial charge in [0.1, 0.15) is 0 Å². The van der Waals surface area contributed by atoms with Crippen LogP contribution < -0.4 is 10.0 Å². The first-order valence-electron chi connectivity index (χ1n) is 4.69. The molecular formula is C8H15N3O2S. The zero-order valence-corrected chi connectivity index (χ0v) is 8.81. The minimum Gasteiger partial charge on any atom is -0.316 e. The molecule has 0 aromatic rings. The van der Waals surface area contributed by atoms with Crippen LogP contribution in [0.1, 0.15) is 12.8 Å². The number of nitriles is 1. The summed E-state index contributed by atoms with van der Waals surface area (Å²) in [6.07, 6.45) is 2.13. The zero-order chi connectivity index (χ0) is 10.4. The van der Waals surface area contributed by atoms with E-state index in [1.807, 2.05) is 0 Å². The van der Waals surface area contributed by atoms with Crippen molar-refractivity contribution in [2.45, 2.75) is 12.8 Å². The average Bonchev–Trinajstić information content (AvgIpc) is 2.17. The Balaban J connectivity index is 2.29. The van der Waals surface area contributed by atoms with Gasteiger partial charge in [-0.2, -0.15) is 5.26 Å². The third kappa shape index (κ3) is 4.05. The van der Waals surface area contributed by atoms with Gasteiger partial charge in [-0.1, -0.05) is 0 Å². The number of hydrogen-bond donors (Lipinski definition) is 2. The summed E-state index contributed by atoms with van der Waals surface area (Å²) < 4.78 is 24.7. The van der Waals surface area contributed by atoms with E-state index in [0.29, 0.717) is 12.5 Å². The quantitative estimate of drug-likeness (QED) is 0.660. The third-order valence-electron chi connectivity index (χ3n) is 2.25. The number of piperidine rings is 1. The number of hydrogen-bond acceptors (Lipinski definition) is 4. The fraction of sp³-hybridized carbons (Fsp3) is 0.875. The molecule has 2 N–H and O–H groups in total. The lowest BCUT2D eigenvalue weighted by molar-refractivity contribution is 0.376. The van der Waals surface area contributed by atoms with Crippen LogP contribution in [0.25, 0.3) is 0 Å². The maximum atomic E-state index is 11.1. The summed E-state index contributed by atoms with van der Waals surface area (Å²) in [6.45, 7) is 2.31. The molecule has 0 aromatic heterocycles. The summed E-state index contributed by atoms with van der Waals surface area (Å²) in [5.74, 6) is -0.0927. The predicted octanol–water partition coefficient (Wildman–Crippen LogP) is -0.571. The van der Waals surface area contributed by atoms with Crippen LogP contribution in [0.3, 0.4) is 0 Å². The molecule has 0 aliphatic carbocycles. The molecule has 1 heterocycles. The van der Waals surface area contributed by atoms with Crippen molar-refractivity contribution in [3.8, 4) is 6.07 Å². The fourth-order valence-electron chi connectivity index (χ4n) is 1.48. The van der Waals surface area contributed by atoms with Crippen molar-refractivity contribution in [3.63, 3.8) is 0 Å². The van der Waals surface area contributed by atoms with Gasteiger partial charge in [0.25, 0.3) is 0 Å². The number of nitrogens with one attached hydrogen (secondary N) is 2. The Morgan fingerprint density at radius 3 is 2.93 bits per heavy atom. The van der Waals surface area contributed by atoms with Gasteiger partial charge in [0, 0.05) is 6.54 Å². The second kappa shape index (κ2) is 5.29. The van der Waals surface area contributed by atoms with Crippen LogP contribution in [0.15, 0.2) is 0 Å². The van der Waals surface area contributed by atoms with Gasteiger partial charge in [-0.15, -0.1) is 0 Å². The largest absolute Gasteiger partial charge is 0.316 e. The van der Waals surface area contributed by atoms with Crippen LogP contribution in [0.5, 0.6) is 0 Å². The van der Waals surface area contributed by atoms with Crippen LogP contribution in [0.2, 0.25) is 0 Å². The van der Waals surface area contributed by atoms with Gasteiger partial charge in [0.2, 0.25) is 10.0 Å². The fourth-order valence-corrected chi connectivity index (χ4v) is 2.24. The molecule has 1 atom stereocenters. The van der Waals surface area contributed by atoms with Crippen LogP contribution in [0, 0.1) is 17.2 Å². The van der Waals surface area contributed by atoms with Crippen molar-refractivity contribution in [2.75, 3.05) is 25.4 Å². The van der Waals surface area contributed by atoms with E-state index < -0.39 is 15.8 Å². The second-order valence-electron chi connectivity index (χ2n) is 3.48. The number of rotatable bonds is 4.